The number of hydrogen-bond donors (Lipinski definition) is 2. The van der Waals surface area contributed by atoms with E-state index in [4.69, 9.17) is 0 Å². The number of imide groups is 2. The molecule has 2 aliphatic rings. The lowest BCUT2D eigenvalue weighted by molar-refractivity contribution is -0.384. The molecule has 10 nitrogen and oxygen atoms in total. The Morgan fingerprint density at radius 1 is 1.03 bits per heavy atom. The fraction of sp³-hybridized carbons (Fsp3) is 0.227. The van der Waals surface area contributed by atoms with Crippen LogP contribution >= 0.6 is 0 Å². The molecule has 2 fully saturated rings. The van der Waals surface area contributed by atoms with Crippen LogP contribution < -0.4 is 20.4 Å². The molecular formula is C22H21N5O5. The van der Waals surface area contributed by atoms with Crippen molar-refractivity contribution in [1.29, 1.82) is 0 Å². The summed E-state index contributed by atoms with van der Waals surface area (Å²) in [4.78, 5) is 52.0. The number of carbonyl (C=O) groups excluding carboxylic acids is 3. The molecule has 32 heavy (non-hydrogen) atoms. The average Bonchev–Trinajstić information content (AvgIpc) is 2.78. The Morgan fingerprint density at radius 3 is 2.44 bits per heavy atom. The maximum absolute atomic E-state index is 13.2. The van der Waals surface area contributed by atoms with E-state index in [1.807, 2.05) is 4.90 Å². The first kappa shape index (κ1) is 21.2. The number of nitrogens with one attached hydrogen (secondary N) is 2. The molecule has 0 aliphatic carbocycles. The standard InChI is InChI=1S/C22H21N5O5/c1-14-4-2-3-5-18(14)26-21(29)17(20(28)24-22(26)30)13-15-12-16(27(31)32)6-7-19(15)25-10-8-23-9-11-25/h2-7,12-13,23H,8-11H2,1H3,(H,24,28,30)/b17-13-. The Morgan fingerprint density at radius 2 is 1.75 bits per heavy atom. The number of urea groups is 1. The molecule has 10 heteroatoms. The summed E-state index contributed by atoms with van der Waals surface area (Å²) in [6.45, 7) is 4.56. The van der Waals surface area contributed by atoms with Crippen LogP contribution in [0.5, 0.6) is 0 Å². The lowest BCUT2D eigenvalue weighted by atomic mass is 10.0. The van der Waals surface area contributed by atoms with E-state index >= 15 is 0 Å². The second-order valence-corrected chi connectivity index (χ2v) is 7.48. The average molecular weight is 435 g/mol. The molecule has 2 N–H and O–H groups in total. The van der Waals surface area contributed by atoms with Gasteiger partial charge in [-0.1, -0.05) is 18.2 Å². The quantitative estimate of drug-likeness (QED) is 0.326. The highest BCUT2D eigenvalue weighted by molar-refractivity contribution is 6.39. The Balaban J connectivity index is 1.80. The molecule has 4 rings (SSSR count). The third kappa shape index (κ3) is 3.95. The number of para-hydroxylation sites is 1. The minimum absolute atomic E-state index is 0.161. The van der Waals surface area contributed by atoms with Crippen molar-refractivity contribution in [3.63, 3.8) is 0 Å². The fourth-order valence-electron chi connectivity index (χ4n) is 3.81. The zero-order chi connectivity index (χ0) is 22.8. The number of anilines is 2. The summed E-state index contributed by atoms with van der Waals surface area (Å²) in [5.74, 6) is -1.63. The highest BCUT2D eigenvalue weighted by Crippen LogP contribution is 2.30. The van der Waals surface area contributed by atoms with E-state index < -0.39 is 22.8 Å². The van der Waals surface area contributed by atoms with Gasteiger partial charge in [0.25, 0.3) is 17.5 Å². The molecule has 2 heterocycles. The van der Waals surface area contributed by atoms with E-state index in [0.29, 0.717) is 35.6 Å². The number of carbonyl (C=O) groups is 3. The zero-order valence-electron chi connectivity index (χ0n) is 17.3. The monoisotopic (exact) mass is 435 g/mol. The second kappa shape index (κ2) is 8.60. The van der Waals surface area contributed by atoms with E-state index in [-0.39, 0.29) is 11.3 Å². The van der Waals surface area contributed by atoms with Gasteiger partial charge >= 0.3 is 6.03 Å². The summed E-state index contributed by atoms with van der Waals surface area (Å²) in [5.41, 5.74) is 1.63. The highest BCUT2D eigenvalue weighted by Gasteiger charge is 2.37. The van der Waals surface area contributed by atoms with Gasteiger partial charge in [0.1, 0.15) is 5.57 Å². The van der Waals surface area contributed by atoms with Crippen molar-refractivity contribution in [2.75, 3.05) is 36.0 Å². The van der Waals surface area contributed by atoms with Crippen LogP contribution in [0.2, 0.25) is 0 Å². The summed E-state index contributed by atoms with van der Waals surface area (Å²) >= 11 is 0. The number of nitro benzene ring substituents is 1. The Hall–Kier alpha value is -4.05. The molecule has 164 valence electrons. The predicted molar refractivity (Wildman–Crippen MR) is 118 cm³/mol. The molecule has 0 spiro atoms. The summed E-state index contributed by atoms with van der Waals surface area (Å²) in [7, 11) is 0. The summed E-state index contributed by atoms with van der Waals surface area (Å²) < 4.78 is 0. The second-order valence-electron chi connectivity index (χ2n) is 7.48. The number of non-ortho nitro benzene ring substituents is 1. The molecule has 0 atom stereocenters. The van der Waals surface area contributed by atoms with Crippen molar-refractivity contribution < 1.29 is 19.3 Å². The van der Waals surface area contributed by atoms with Gasteiger partial charge in [-0.3, -0.25) is 25.0 Å². The van der Waals surface area contributed by atoms with Gasteiger partial charge in [0.05, 0.1) is 10.6 Å². The zero-order valence-corrected chi connectivity index (χ0v) is 17.3. The van der Waals surface area contributed by atoms with Gasteiger partial charge in [0, 0.05) is 49.6 Å². The first-order chi connectivity index (χ1) is 15.4. The largest absolute Gasteiger partial charge is 0.368 e. The van der Waals surface area contributed by atoms with Crippen LogP contribution in [0.1, 0.15) is 11.1 Å². The minimum atomic E-state index is -0.845. The summed E-state index contributed by atoms with van der Waals surface area (Å²) in [6.07, 6.45) is 1.32. The van der Waals surface area contributed by atoms with E-state index in [0.717, 1.165) is 18.0 Å². The number of nitro groups is 1. The van der Waals surface area contributed by atoms with Crippen molar-refractivity contribution in [1.82, 2.24) is 10.6 Å². The Labute approximate surface area is 183 Å². The van der Waals surface area contributed by atoms with Crippen LogP contribution in [0.25, 0.3) is 6.08 Å². The molecule has 4 amide bonds. The number of benzene rings is 2. The van der Waals surface area contributed by atoms with E-state index in [1.54, 1.807) is 37.3 Å². The highest BCUT2D eigenvalue weighted by atomic mass is 16.6. The predicted octanol–water partition coefficient (Wildman–Crippen LogP) is 1.98. The molecule has 0 saturated carbocycles. The summed E-state index contributed by atoms with van der Waals surface area (Å²) in [6, 6.07) is 10.3. The topological polar surface area (TPSA) is 125 Å². The van der Waals surface area contributed by atoms with Crippen LogP contribution in [0.15, 0.2) is 48.0 Å². The minimum Gasteiger partial charge on any atom is -0.368 e. The molecule has 2 aromatic carbocycles. The summed E-state index contributed by atoms with van der Waals surface area (Å²) in [5, 5.41) is 16.8. The molecule has 0 unspecified atom stereocenters. The van der Waals surface area contributed by atoms with Gasteiger partial charge in [-0.15, -0.1) is 0 Å². The van der Waals surface area contributed by atoms with Gasteiger partial charge < -0.3 is 10.2 Å². The Bertz CT molecular complexity index is 1150. The maximum Gasteiger partial charge on any atom is 0.335 e. The van der Waals surface area contributed by atoms with Crippen molar-refractivity contribution >= 4 is 41.0 Å². The number of barbiturate groups is 1. The molecule has 2 aliphatic heterocycles. The van der Waals surface area contributed by atoms with Crippen molar-refractivity contribution in [3.8, 4) is 0 Å². The normalized spacial score (nSPS) is 18.2. The van der Waals surface area contributed by atoms with Crippen molar-refractivity contribution in [3.05, 3.63) is 69.3 Å². The van der Waals surface area contributed by atoms with E-state index in [9.17, 15) is 24.5 Å². The van der Waals surface area contributed by atoms with Crippen molar-refractivity contribution in [2.45, 2.75) is 6.92 Å². The van der Waals surface area contributed by atoms with Gasteiger partial charge in [-0.2, -0.15) is 0 Å². The smallest absolute Gasteiger partial charge is 0.335 e. The Kier molecular flexibility index (Phi) is 5.69. The first-order valence-electron chi connectivity index (χ1n) is 10.1. The number of amides is 4. The van der Waals surface area contributed by atoms with Gasteiger partial charge in [-0.25, -0.2) is 9.69 Å². The van der Waals surface area contributed by atoms with E-state index in [2.05, 4.69) is 10.6 Å². The molecular weight excluding hydrogens is 414 g/mol. The van der Waals surface area contributed by atoms with Crippen LogP contribution in [0.4, 0.5) is 21.9 Å². The molecule has 2 saturated heterocycles. The van der Waals surface area contributed by atoms with E-state index in [1.165, 1.54) is 18.2 Å². The van der Waals surface area contributed by atoms with Crippen LogP contribution in [0.3, 0.4) is 0 Å². The molecule has 2 aromatic rings. The lowest BCUT2D eigenvalue weighted by Crippen LogP contribution is -2.54. The number of aryl methyl sites for hydroxylation is 1. The number of piperazine rings is 1. The molecule has 0 bridgehead atoms. The number of hydrogen-bond acceptors (Lipinski definition) is 7. The number of nitrogens with zero attached hydrogens (tertiary/aromatic N) is 3. The maximum atomic E-state index is 13.2. The lowest BCUT2D eigenvalue weighted by Gasteiger charge is -2.31. The van der Waals surface area contributed by atoms with Crippen molar-refractivity contribution in [2.24, 2.45) is 0 Å². The van der Waals surface area contributed by atoms with Gasteiger partial charge in [0.2, 0.25) is 0 Å². The van der Waals surface area contributed by atoms with Gasteiger partial charge in [-0.05, 0) is 30.7 Å². The SMILES string of the molecule is Cc1ccccc1N1C(=O)NC(=O)/C(=C/c2cc([N+](=O)[O-])ccc2N2CCNCC2)C1=O. The third-order valence-electron chi connectivity index (χ3n) is 5.44. The molecule has 0 aromatic heterocycles. The van der Waals surface area contributed by atoms with Gasteiger partial charge in [0.15, 0.2) is 0 Å². The van der Waals surface area contributed by atoms with Crippen LogP contribution in [0, 0.1) is 17.0 Å². The first-order valence-corrected chi connectivity index (χ1v) is 10.1. The fourth-order valence-corrected chi connectivity index (χ4v) is 3.81. The third-order valence-corrected chi connectivity index (χ3v) is 5.44. The molecule has 0 radical (unpaired) electrons. The number of rotatable bonds is 4. The van der Waals surface area contributed by atoms with Crippen LogP contribution in [-0.2, 0) is 9.59 Å². The van der Waals surface area contributed by atoms with Crippen LogP contribution in [-0.4, -0.2) is 48.9 Å².